The third-order valence-electron chi connectivity index (χ3n) is 12.1. The number of ether oxygens (including phenoxy) is 2. The van der Waals surface area contributed by atoms with Crippen LogP contribution in [0.1, 0.15) is 226 Å². The van der Waals surface area contributed by atoms with Gasteiger partial charge in [-0.2, -0.15) is 0 Å². The molecule has 0 saturated heterocycles. The highest BCUT2D eigenvalue weighted by Crippen LogP contribution is 2.38. The average Bonchev–Trinajstić information content (AvgIpc) is 3.35. The van der Waals surface area contributed by atoms with Crippen LogP contribution in [0, 0.1) is 0 Å². The van der Waals surface area contributed by atoms with E-state index in [1.165, 1.54) is 89.9 Å². The highest BCUT2D eigenvalue weighted by molar-refractivity contribution is 7.45. The molecule has 9 nitrogen and oxygen atoms in total. The Balaban J connectivity index is 4.10. The minimum atomic E-state index is -4.64. The molecule has 0 heterocycles. The van der Waals surface area contributed by atoms with Gasteiger partial charge in [-0.3, -0.25) is 14.2 Å². The van der Waals surface area contributed by atoms with Crippen LogP contribution < -0.4 is 4.89 Å². The first-order valence-corrected chi connectivity index (χ1v) is 30.6. The molecule has 418 valence electrons. The van der Waals surface area contributed by atoms with Crippen molar-refractivity contribution in [1.82, 2.24) is 0 Å². The molecule has 0 rings (SSSR count). The Morgan fingerprint density at radius 3 is 1.16 bits per heavy atom. The van der Waals surface area contributed by atoms with Gasteiger partial charge in [-0.05, 0) is 83.5 Å². The quantitative estimate of drug-likeness (QED) is 0.0195. The van der Waals surface area contributed by atoms with Crippen LogP contribution in [0.5, 0.6) is 0 Å². The fourth-order valence-electron chi connectivity index (χ4n) is 7.59. The van der Waals surface area contributed by atoms with Crippen molar-refractivity contribution in [1.29, 1.82) is 0 Å². The van der Waals surface area contributed by atoms with Crippen LogP contribution in [-0.4, -0.2) is 70.0 Å². The fraction of sp³-hybridized carbons (Fsp3) is 0.683. The van der Waals surface area contributed by atoms with Gasteiger partial charge >= 0.3 is 11.9 Å². The lowest BCUT2D eigenvalue weighted by atomic mass is 10.0. The number of carbonyl (C=O) groups is 2. The lowest BCUT2D eigenvalue weighted by molar-refractivity contribution is -0.870. The van der Waals surface area contributed by atoms with Gasteiger partial charge in [-0.25, -0.2) is 0 Å². The van der Waals surface area contributed by atoms with Gasteiger partial charge in [0.05, 0.1) is 27.7 Å². The van der Waals surface area contributed by atoms with E-state index in [4.69, 9.17) is 18.5 Å². The van der Waals surface area contributed by atoms with Crippen molar-refractivity contribution in [3.8, 4) is 0 Å². The summed E-state index contributed by atoms with van der Waals surface area (Å²) in [5.41, 5.74) is 0. The van der Waals surface area contributed by atoms with Crippen molar-refractivity contribution in [2.45, 2.75) is 232 Å². The van der Waals surface area contributed by atoms with Crippen LogP contribution in [0.3, 0.4) is 0 Å². The van der Waals surface area contributed by atoms with Crippen LogP contribution >= 0.6 is 7.82 Å². The molecule has 0 spiro atoms. The molecule has 0 aliphatic heterocycles. The number of unbranched alkanes of at least 4 members (excludes halogenated alkanes) is 20. The number of hydrogen-bond donors (Lipinski definition) is 0. The molecule has 0 amide bonds. The number of phosphoric acid groups is 1. The Labute approximate surface area is 448 Å². The molecule has 0 saturated carbocycles. The second-order valence-corrected chi connectivity index (χ2v) is 21.7. The number of phosphoric ester groups is 1. The van der Waals surface area contributed by atoms with Gasteiger partial charge < -0.3 is 27.9 Å². The van der Waals surface area contributed by atoms with E-state index >= 15 is 0 Å². The van der Waals surface area contributed by atoms with Crippen molar-refractivity contribution >= 4 is 19.8 Å². The molecule has 2 atom stereocenters. The molecule has 0 aliphatic carbocycles. The molecule has 0 aliphatic rings. The summed E-state index contributed by atoms with van der Waals surface area (Å²) in [5.74, 6) is -0.843. The normalized spacial score (nSPS) is 14.1. The van der Waals surface area contributed by atoms with Crippen LogP contribution in [0.15, 0.2) is 109 Å². The second-order valence-electron chi connectivity index (χ2n) is 20.3. The first-order valence-electron chi connectivity index (χ1n) is 29.1. The van der Waals surface area contributed by atoms with Crippen LogP contribution in [-0.2, 0) is 32.7 Å². The number of carbonyl (C=O) groups excluding carboxylic acids is 2. The van der Waals surface area contributed by atoms with Gasteiger partial charge in [0.2, 0.25) is 0 Å². The zero-order valence-electron chi connectivity index (χ0n) is 47.3. The monoisotopic (exact) mass is 1040 g/mol. The maximum absolute atomic E-state index is 12.8. The van der Waals surface area contributed by atoms with E-state index in [1.54, 1.807) is 0 Å². The first kappa shape index (κ1) is 69.7. The number of likely N-dealkylation sites (N-methyl/N-ethyl adjacent to an activating group) is 1. The molecule has 0 fully saturated rings. The molecular formula is C63H108NO8P. The zero-order chi connectivity index (χ0) is 53.5. The van der Waals surface area contributed by atoms with Crippen molar-refractivity contribution in [2.75, 3.05) is 47.5 Å². The maximum atomic E-state index is 12.8. The van der Waals surface area contributed by atoms with Crippen LogP contribution in [0.2, 0.25) is 0 Å². The SMILES string of the molecule is CC/C=C\C/C=C\C/C=C\C/C=C\C/C=C\C/C=C\C/C=C\C/C=C\C/C=C\CCCCCCCCCCCC(=O)OC(COC(=O)CCCCCCCCCCCCCC)COP(=O)([O-])OCC[N+](C)(C)C. The van der Waals surface area contributed by atoms with Crippen LogP contribution in [0.25, 0.3) is 0 Å². The number of quaternary nitrogens is 1. The highest BCUT2D eigenvalue weighted by atomic mass is 31.2. The highest BCUT2D eigenvalue weighted by Gasteiger charge is 2.21. The minimum absolute atomic E-state index is 0.0355. The predicted octanol–water partition coefficient (Wildman–Crippen LogP) is 17.6. The molecule has 10 heteroatoms. The molecule has 2 unspecified atom stereocenters. The third-order valence-corrected chi connectivity index (χ3v) is 13.0. The van der Waals surface area contributed by atoms with Crippen molar-refractivity contribution in [2.24, 2.45) is 0 Å². The Morgan fingerprint density at radius 2 is 0.781 bits per heavy atom. The first-order chi connectivity index (χ1) is 35.5. The molecule has 0 bridgehead atoms. The van der Waals surface area contributed by atoms with Crippen molar-refractivity contribution in [3.63, 3.8) is 0 Å². The number of rotatable bonds is 52. The van der Waals surface area contributed by atoms with Crippen molar-refractivity contribution < 1.29 is 42.1 Å². The van der Waals surface area contributed by atoms with Gasteiger partial charge in [0.25, 0.3) is 7.82 Å². The smallest absolute Gasteiger partial charge is 0.306 e. The topological polar surface area (TPSA) is 111 Å². The Kier molecular flexibility index (Phi) is 51.1. The third kappa shape index (κ3) is 57.8. The zero-order valence-corrected chi connectivity index (χ0v) is 48.2. The average molecular weight is 1040 g/mol. The summed E-state index contributed by atoms with van der Waals surface area (Å²) < 4.78 is 34.1. The summed E-state index contributed by atoms with van der Waals surface area (Å²) >= 11 is 0. The van der Waals surface area contributed by atoms with E-state index < -0.39 is 26.5 Å². The van der Waals surface area contributed by atoms with Gasteiger partial charge in [0.15, 0.2) is 6.10 Å². The molecule has 0 aromatic rings. The van der Waals surface area contributed by atoms with E-state index in [0.717, 1.165) is 103 Å². The molecule has 0 aromatic heterocycles. The lowest BCUT2D eigenvalue weighted by Gasteiger charge is -2.28. The number of nitrogens with zero attached hydrogens (tertiary/aromatic N) is 1. The molecule has 0 N–H and O–H groups in total. The summed E-state index contributed by atoms with van der Waals surface area (Å²) in [5, 5.41) is 0. The van der Waals surface area contributed by atoms with E-state index in [1.807, 2.05) is 21.1 Å². The predicted molar refractivity (Wildman–Crippen MR) is 309 cm³/mol. The number of hydrogen-bond acceptors (Lipinski definition) is 8. The van der Waals surface area contributed by atoms with Gasteiger partial charge in [0, 0.05) is 12.8 Å². The second kappa shape index (κ2) is 53.5. The Morgan fingerprint density at radius 1 is 0.438 bits per heavy atom. The number of allylic oxidation sites excluding steroid dienone is 18. The standard InChI is InChI=1S/C63H108NO8P/c1-6-8-10-12-14-16-18-20-21-22-23-24-25-26-27-28-29-30-31-32-33-34-35-36-37-38-39-40-41-42-43-44-46-48-50-52-54-56-63(66)72-61(60-71-73(67,68)70-58-57-64(3,4)5)59-69-62(65)55-53-51-49-47-45-19-17-15-13-11-9-7-2/h8,10,14,16,20-21,23-24,26-27,29-30,32-33,35-36,38-39,61H,6-7,9,11-13,15,17-19,22,25,28,31,34,37,40-60H2,1-5H3/b10-8-,16-14-,21-20-,24-23-,27-26-,30-29-,33-32-,36-35-,39-38-. The minimum Gasteiger partial charge on any atom is -0.756 e. The maximum Gasteiger partial charge on any atom is 0.306 e. The van der Waals surface area contributed by atoms with E-state index in [0.29, 0.717) is 17.4 Å². The van der Waals surface area contributed by atoms with E-state index in [2.05, 4.69) is 123 Å². The summed E-state index contributed by atoms with van der Waals surface area (Å²) in [6, 6.07) is 0. The summed E-state index contributed by atoms with van der Waals surface area (Å²) in [6.07, 6.45) is 74.3. The van der Waals surface area contributed by atoms with Gasteiger partial charge in [-0.15, -0.1) is 0 Å². The summed E-state index contributed by atoms with van der Waals surface area (Å²) in [6.45, 7) is 4.10. The number of esters is 2. The van der Waals surface area contributed by atoms with E-state index in [9.17, 15) is 19.0 Å². The fourth-order valence-corrected chi connectivity index (χ4v) is 8.32. The molecule has 0 radical (unpaired) electrons. The Bertz CT molecular complexity index is 1600. The van der Waals surface area contributed by atoms with Gasteiger partial charge in [0.1, 0.15) is 19.8 Å². The van der Waals surface area contributed by atoms with E-state index in [-0.39, 0.29) is 32.0 Å². The Hall–Kier alpha value is -3.33. The lowest BCUT2D eigenvalue weighted by Crippen LogP contribution is -2.37. The van der Waals surface area contributed by atoms with Crippen LogP contribution in [0.4, 0.5) is 0 Å². The molecule has 73 heavy (non-hydrogen) atoms. The molecular weight excluding hydrogens is 930 g/mol. The largest absolute Gasteiger partial charge is 0.756 e. The molecule has 0 aromatic carbocycles. The van der Waals surface area contributed by atoms with Gasteiger partial charge in [-0.1, -0.05) is 239 Å². The summed E-state index contributed by atoms with van der Waals surface area (Å²) in [4.78, 5) is 37.7. The van der Waals surface area contributed by atoms with Crippen molar-refractivity contribution in [3.05, 3.63) is 109 Å². The summed E-state index contributed by atoms with van der Waals surface area (Å²) in [7, 11) is 1.15.